The Morgan fingerprint density at radius 1 is 1.18 bits per heavy atom. The molecule has 0 atom stereocenters. The van der Waals surface area contributed by atoms with E-state index in [1.807, 2.05) is 36.4 Å². The van der Waals surface area contributed by atoms with Gasteiger partial charge in [-0.15, -0.1) is 0 Å². The van der Waals surface area contributed by atoms with Crippen LogP contribution < -0.4 is 4.74 Å². The van der Waals surface area contributed by atoms with Crippen molar-refractivity contribution >= 4 is 33.6 Å². The van der Waals surface area contributed by atoms with Crippen LogP contribution in [0.4, 0.5) is 0 Å². The van der Waals surface area contributed by atoms with E-state index in [0.29, 0.717) is 22.9 Å². The minimum Gasteiger partial charge on any atom is -0.488 e. The van der Waals surface area contributed by atoms with Gasteiger partial charge in [-0.2, -0.15) is 10.5 Å². The molecule has 0 saturated heterocycles. The number of nitrogens with zero attached hydrogens (tertiary/aromatic N) is 2. The molecule has 0 unspecified atom stereocenters. The molecule has 22 heavy (non-hydrogen) atoms. The highest BCUT2D eigenvalue weighted by Crippen LogP contribution is 2.26. The second-order valence-corrected chi connectivity index (χ2v) is 5.73. The van der Waals surface area contributed by atoms with Crippen LogP contribution in [-0.2, 0) is 6.61 Å². The van der Waals surface area contributed by atoms with E-state index in [1.54, 1.807) is 18.2 Å². The molecule has 0 spiro atoms. The van der Waals surface area contributed by atoms with Crippen molar-refractivity contribution in [3.05, 3.63) is 68.7 Å². The first kappa shape index (κ1) is 16.1. The van der Waals surface area contributed by atoms with E-state index in [0.717, 1.165) is 10.0 Å². The van der Waals surface area contributed by atoms with Crippen molar-refractivity contribution in [2.75, 3.05) is 0 Å². The van der Waals surface area contributed by atoms with E-state index < -0.39 is 0 Å². The fourth-order valence-corrected chi connectivity index (χ4v) is 2.39. The molecule has 0 saturated carbocycles. The normalized spacial score (nSPS) is 9.45. The summed E-state index contributed by atoms with van der Waals surface area (Å²) in [6.45, 7) is 0.345. The molecule has 2 aromatic carbocycles. The number of hydrogen-bond donors (Lipinski definition) is 0. The second-order valence-electron chi connectivity index (χ2n) is 4.38. The molecule has 0 aliphatic carbocycles. The van der Waals surface area contributed by atoms with Gasteiger partial charge in [-0.3, -0.25) is 0 Å². The van der Waals surface area contributed by atoms with Crippen LogP contribution in [0.15, 0.2) is 52.5 Å². The van der Waals surface area contributed by atoms with E-state index in [2.05, 4.69) is 15.9 Å². The van der Waals surface area contributed by atoms with Crippen LogP contribution in [0.25, 0.3) is 6.08 Å². The highest BCUT2D eigenvalue weighted by atomic mass is 79.9. The van der Waals surface area contributed by atoms with E-state index in [4.69, 9.17) is 26.9 Å². The summed E-state index contributed by atoms with van der Waals surface area (Å²) in [6, 6.07) is 16.5. The Hall–Kier alpha value is -2.27. The zero-order valence-corrected chi connectivity index (χ0v) is 13.7. The molecule has 2 aromatic rings. The predicted octanol–water partition coefficient (Wildman–Crippen LogP) is 5.11. The fraction of sp³-hybridized carbons (Fsp3) is 0.0588. The lowest BCUT2D eigenvalue weighted by Gasteiger charge is -2.10. The summed E-state index contributed by atoms with van der Waals surface area (Å²) in [7, 11) is 0. The number of rotatable bonds is 4. The Bertz CT molecular complexity index is 787. The van der Waals surface area contributed by atoms with Gasteiger partial charge in [0.1, 0.15) is 30.1 Å². The molecule has 0 fully saturated rings. The summed E-state index contributed by atoms with van der Waals surface area (Å²) in [4.78, 5) is 0. The van der Waals surface area contributed by atoms with Gasteiger partial charge in [0.2, 0.25) is 0 Å². The minimum atomic E-state index is 0.0192. The Morgan fingerprint density at radius 3 is 2.64 bits per heavy atom. The van der Waals surface area contributed by atoms with E-state index >= 15 is 0 Å². The number of benzene rings is 2. The molecule has 0 heterocycles. The summed E-state index contributed by atoms with van der Waals surface area (Å²) < 4.78 is 6.62. The van der Waals surface area contributed by atoms with Gasteiger partial charge in [-0.1, -0.05) is 39.7 Å². The Kier molecular flexibility index (Phi) is 5.61. The minimum absolute atomic E-state index is 0.0192. The third-order valence-corrected chi connectivity index (χ3v) is 3.52. The van der Waals surface area contributed by atoms with Crippen LogP contribution in [0, 0.1) is 22.7 Å². The molecule has 0 amide bonds. The lowest BCUT2D eigenvalue weighted by atomic mass is 10.1. The molecular formula is C17H10BrClN2O. The molecular weight excluding hydrogens is 364 g/mol. The zero-order chi connectivity index (χ0) is 15.9. The van der Waals surface area contributed by atoms with Gasteiger partial charge < -0.3 is 4.74 Å². The first-order valence-electron chi connectivity index (χ1n) is 6.31. The molecule has 0 aliphatic heterocycles. The van der Waals surface area contributed by atoms with Gasteiger partial charge >= 0.3 is 0 Å². The molecule has 5 heteroatoms. The van der Waals surface area contributed by atoms with E-state index in [-0.39, 0.29) is 5.57 Å². The Balaban J connectivity index is 2.26. The highest BCUT2D eigenvalue weighted by molar-refractivity contribution is 9.10. The fourth-order valence-electron chi connectivity index (χ4n) is 1.80. The monoisotopic (exact) mass is 372 g/mol. The van der Waals surface area contributed by atoms with Crippen LogP contribution >= 0.6 is 27.5 Å². The molecule has 108 valence electrons. The predicted molar refractivity (Wildman–Crippen MR) is 89.1 cm³/mol. The van der Waals surface area contributed by atoms with Crippen molar-refractivity contribution < 1.29 is 4.74 Å². The van der Waals surface area contributed by atoms with Crippen molar-refractivity contribution in [3.63, 3.8) is 0 Å². The smallest absolute Gasteiger partial charge is 0.130 e. The van der Waals surface area contributed by atoms with Crippen molar-refractivity contribution in [3.8, 4) is 17.9 Å². The molecule has 0 radical (unpaired) electrons. The lowest BCUT2D eigenvalue weighted by Crippen LogP contribution is -1.97. The third-order valence-electron chi connectivity index (χ3n) is 2.80. The van der Waals surface area contributed by atoms with Crippen LogP contribution in [0.5, 0.6) is 5.75 Å². The first-order valence-corrected chi connectivity index (χ1v) is 7.48. The average Bonchev–Trinajstić information content (AvgIpc) is 2.51. The standard InChI is InChI=1S/C17H10BrClN2O/c18-15-4-5-17(14(8-15)6-13(9-20)10-21)22-11-12-2-1-3-16(19)7-12/h1-8H,11H2. The number of hydrogen-bond acceptors (Lipinski definition) is 3. The number of nitriles is 2. The summed E-state index contributed by atoms with van der Waals surface area (Å²) in [5.74, 6) is 0.589. The maximum atomic E-state index is 8.88. The van der Waals surface area contributed by atoms with Crippen LogP contribution in [0.2, 0.25) is 5.02 Å². The van der Waals surface area contributed by atoms with Crippen molar-refractivity contribution in [1.82, 2.24) is 0 Å². The van der Waals surface area contributed by atoms with Gasteiger partial charge in [0.25, 0.3) is 0 Å². The largest absolute Gasteiger partial charge is 0.488 e. The van der Waals surface area contributed by atoms with Gasteiger partial charge in [0.15, 0.2) is 0 Å². The molecule has 0 bridgehead atoms. The Morgan fingerprint density at radius 2 is 1.95 bits per heavy atom. The van der Waals surface area contributed by atoms with Crippen LogP contribution in [0.1, 0.15) is 11.1 Å². The van der Waals surface area contributed by atoms with Gasteiger partial charge in [-0.25, -0.2) is 0 Å². The molecule has 0 aromatic heterocycles. The SMILES string of the molecule is N#CC(C#N)=Cc1cc(Br)ccc1OCc1cccc(Cl)c1. The summed E-state index contributed by atoms with van der Waals surface area (Å²) in [5, 5.41) is 18.4. The topological polar surface area (TPSA) is 56.8 Å². The summed E-state index contributed by atoms with van der Waals surface area (Å²) in [5.41, 5.74) is 1.62. The van der Waals surface area contributed by atoms with Gasteiger partial charge in [0.05, 0.1) is 0 Å². The maximum absolute atomic E-state index is 8.88. The summed E-state index contributed by atoms with van der Waals surface area (Å²) in [6.07, 6.45) is 1.50. The summed E-state index contributed by atoms with van der Waals surface area (Å²) >= 11 is 9.31. The van der Waals surface area contributed by atoms with Crippen molar-refractivity contribution in [2.45, 2.75) is 6.61 Å². The average molecular weight is 374 g/mol. The zero-order valence-electron chi connectivity index (χ0n) is 11.4. The van der Waals surface area contributed by atoms with Gasteiger partial charge in [0, 0.05) is 15.1 Å². The van der Waals surface area contributed by atoms with Gasteiger partial charge in [-0.05, 0) is 42.0 Å². The molecule has 3 nitrogen and oxygen atoms in total. The molecule has 2 rings (SSSR count). The number of halogens is 2. The molecule has 0 aliphatic rings. The lowest BCUT2D eigenvalue weighted by molar-refractivity contribution is 0.305. The van der Waals surface area contributed by atoms with E-state index in [1.165, 1.54) is 6.08 Å². The molecule has 0 N–H and O–H groups in total. The third kappa shape index (κ3) is 4.36. The number of ether oxygens (including phenoxy) is 1. The van der Waals surface area contributed by atoms with Crippen molar-refractivity contribution in [2.24, 2.45) is 0 Å². The number of allylic oxidation sites excluding steroid dienone is 1. The highest BCUT2D eigenvalue weighted by Gasteiger charge is 2.05. The maximum Gasteiger partial charge on any atom is 0.130 e. The second kappa shape index (κ2) is 7.66. The van der Waals surface area contributed by atoms with E-state index in [9.17, 15) is 0 Å². The van der Waals surface area contributed by atoms with Crippen molar-refractivity contribution in [1.29, 1.82) is 10.5 Å². The van der Waals surface area contributed by atoms with Crippen LogP contribution in [0.3, 0.4) is 0 Å². The first-order chi connectivity index (χ1) is 10.6. The quantitative estimate of drug-likeness (QED) is 0.700. The Labute approximate surface area is 142 Å². The van der Waals surface area contributed by atoms with Crippen LogP contribution in [-0.4, -0.2) is 0 Å².